The van der Waals surface area contributed by atoms with Gasteiger partial charge in [0.2, 0.25) is 0 Å². The molecule has 0 aromatic heterocycles. The molecule has 0 heterocycles. The van der Waals surface area contributed by atoms with Crippen molar-refractivity contribution >= 4 is 0 Å². The van der Waals surface area contributed by atoms with E-state index < -0.39 is 0 Å². The molecule has 1 nitrogen and oxygen atoms in total. The SMILES string of the molecule is CC.CCCC(C)NC. The van der Waals surface area contributed by atoms with Gasteiger partial charge in [-0.1, -0.05) is 27.2 Å². The van der Waals surface area contributed by atoms with Crippen LogP contribution in [0.15, 0.2) is 0 Å². The van der Waals surface area contributed by atoms with Crippen molar-refractivity contribution in [3.63, 3.8) is 0 Å². The topological polar surface area (TPSA) is 12.0 Å². The van der Waals surface area contributed by atoms with Crippen LogP contribution >= 0.6 is 0 Å². The van der Waals surface area contributed by atoms with Gasteiger partial charge in [-0.05, 0) is 20.4 Å². The third-order valence-corrected chi connectivity index (χ3v) is 1.21. The van der Waals surface area contributed by atoms with Gasteiger partial charge in [0.05, 0.1) is 0 Å². The summed E-state index contributed by atoms with van der Waals surface area (Å²) in [5, 5.41) is 3.17. The van der Waals surface area contributed by atoms with Gasteiger partial charge in [0.1, 0.15) is 0 Å². The standard InChI is InChI=1S/C6H15N.C2H6/c1-4-5-6(2)7-3;1-2/h6-7H,4-5H2,1-3H3;1-2H3. The van der Waals surface area contributed by atoms with E-state index in [0.29, 0.717) is 6.04 Å². The highest BCUT2D eigenvalue weighted by atomic mass is 14.8. The molecule has 9 heavy (non-hydrogen) atoms. The molecule has 0 aliphatic heterocycles. The molecule has 1 unspecified atom stereocenters. The van der Waals surface area contributed by atoms with Crippen LogP contribution in [-0.4, -0.2) is 13.1 Å². The Hall–Kier alpha value is -0.0400. The first-order valence-corrected chi connectivity index (χ1v) is 3.98. The second-order valence-electron chi connectivity index (χ2n) is 1.98. The molecule has 0 saturated carbocycles. The predicted molar refractivity (Wildman–Crippen MR) is 44.8 cm³/mol. The van der Waals surface area contributed by atoms with E-state index in [0.717, 1.165) is 0 Å². The summed E-state index contributed by atoms with van der Waals surface area (Å²) in [5.41, 5.74) is 0. The Labute approximate surface area is 59.8 Å². The second-order valence-corrected chi connectivity index (χ2v) is 1.98. The molecule has 0 aliphatic rings. The van der Waals surface area contributed by atoms with Crippen LogP contribution in [0, 0.1) is 0 Å². The van der Waals surface area contributed by atoms with E-state index in [1.54, 1.807) is 0 Å². The molecule has 0 saturated heterocycles. The van der Waals surface area contributed by atoms with Gasteiger partial charge in [0.25, 0.3) is 0 Å². The molecule has 0 aliphatic carbocycles. The average Bonchev–Trinajstić information content (AvgIpc) is 1.93. The highest BCUT2D eigenvalue weighted by Crippen LogP contribution is 1.91. The lowest BCUT2D eigenvalue weighted by Gasteiger charge is -2.05. The van der Waals surface area contributed by atoms with E-state index >= 15 is 0 Å². The molecule has 0 radical (unpaired) electrons. The van der Waals surface area contributed by atoms with Gasteiger partial charge in [-0.15, -0.1) is 0 Å². The average molecular weight is 131 g/mol. The van der Waals surface area contributed by atoms with Crippen LogP contribution in [0.3, 0.4) is 0 Å². The maximum Gasteiger partial charge on any atom is 0.00356 e. The first kappa shape index (κ1) is 11.7. The fourth-order valence-corrected chi connectivity index (χ4v) is 0.577. The Kier molecular flexibility index (Phi) is 14.1. The molecule has 0 spiro atoms. The Morgan fingerprint density at radius 2 is 1.78 bits per heavy atom. The maximum absolute atomic E-state index is 3.17. The molecule has 1 N–H and O–H groups in total. The van der Waals surface area contributed by atoms with Gasteiger partial charge in [0, 0.05) is 6.04 Å². The van der Waals surface area contributed by atoms with Crippen molar-refractivity contribution in [2.45, 2.75) is 46.6 Å². The summed E-state index contributed by atoms with van der Waals surface area (Å²) >= 11 is 0. The fourth-order valence-electron chi connectivity index (χ4n) is 0.577. The van der Waals surface area contributed by atoms with Crippen molar-refractivity contribution in [1.29, 1.82) is 0 Å². The van der Waals surface area contributed by atoms with Crippen molar-refractivity contribution in [2.24, 2.45) is 0 Å². The number of hydrogen-bond acceptors (Lipinski definition) is 1. The zero-order valence-corrected chi connectivity index (χ0v) is 7.49. The highest BCUT2D eigenvalue weighted by molar-refractivity contribution is 4.52. The summed E-state index contributed by atoms with van der Waals surface area (Å²) in [6.45, 7) is 8.40. The second kappa shape index (κ2) is 10.9. The van der Waals surface area contributed by atoms with Crippen molar-refractivity contribution < 1.29 is 0 Å². The lowest BCUT2D eigenvalue weighted by atomic mass is 10.2. The Balaban J connectivity index is 0. The van der Waals surface area contributed by atoms with Gasteiger partial charge < -0.3 is 5.32 Å². The molecule has 0 amide bonds. The number of rotatable bonds is 3. The van der Waals surface area contributed by atoms with E-state index in [1.807, 2.05) is 20.9 Å². The molecule has 0 bridgehead atoms. The Morgan fingerprint density at radius 1 is 1.33 bits per heavy atom. The van der Waals surface area contributed by atoms with Crippen LogP contribution in [-0.2, 0) is 0 Å². The van der Waals surface area contributed by atoms with Crippen LogP contribution in [0.2, 0.25) is 0 Å². The number of hydrogen-bond donors (Lipinski definition) is 1. The summed E-state index contributed by atoms with van der Waals surface area (Å²) in [6, 6.07) is 0.699. The molecule has 0 aromatic rings. The quantitative estimate of drug-likeness (QED) is 0.620. The summed E-state index contributed by atoms with van der Waals surface area (Å²) in [6.07, 6.45) is 2.57. The third kappa shape index (κ3) is 11.5. The van der Waals surface area contributed by atoms with E-state index in [1.165, 1.54) is 12.8 Å². The van der Waals surface area contributed by atoms with Crippen molar-refractivity contribution in [3.8, 4) is 0 Å². The summed E-state index contributed by atoms with van der Waals surface area (Å²) in [7, 11) is 2.00. The third-order valence-electron chi connectivity index (χ3n) is 1.21. The van der Waals surface area contributed by atoms with Gasteiger partial charge in [-0.25, -0.2) is 0 Å². The van der Waals surface area contributed by atoms with Gasteiger partial charge in [-0.3, -0.25) is 0 Å². The monoisotopic (exact) mass is 131 g/mol. The van der Waals surface area contributed by atoms with Crippen LogP contribution in [0.4, 0.5) is 0 Å². The van der Waals surface area contributed by atoms with E-state index in [4.69, 9.17) is 0 Å². The van der Waals surface area contributed by atoms with Crippen LogP contribution in [0.25, 0.3) is 0 Å². The molecule has 1 atom stereocenters. The molecular formula is C8H21N. The summed E-state index contributed by atoms with van der Waals surface area (Å²) in [5.74, 6) is 0. The zero-order chi connectivity index (χ0) is 7.70. The molecular weight excluding hydrogens is 110 g/mol. The molecule has 0 aromatic carbocycles. The van der Waals surface area contributed by atoms with E-state index in [2.05, 4.69) is 19.2 Å². The Bertz CT molecular complexity index is 35.5. The normalized spacial score (nSPS) is 11.7. The van der Waals surface area contributed by atoms with Crippen molar-refractivity contribution in [3.05, 3.63) is 0 Å². The number of nitrogens with one attached hydrogen (secondary N) is 1. The minimum absolute atomic E-state index is 0.699. The fraction of sp³-hybridized carbons (Fsp3) is 1.00. The highest BCUT2D eigenvalue weighted by Gasteiger charge is 1.91. The van der Waals surface area contributed by atoms with Crippen LogP contribution < -0.4 is 5.32 Å². The van der Waals surface area contributed by atoms with Crippen molar-refractivity contribution in [1.82, 2.24) is 5.32 Å². The molecule has 0 rings (SSSR count). The summed E-state index contributed by atoms with van der Waals surface area (Å²) < 4.78 is 0. The summed E-state index contributed by atoms with van der Waals surface area (Å²) in [4.78, 5) is 0. The molecule has 58 valence electrons. The first-order valence-electron chi connectivity index (χ1n) is 3.98. The van der Waals surface area contributed by atoms with Gasteiger partial charge >= 0.3 is 0 Å². The maximum atomic E-state index is 3.17. The smallest absolute Gasteiger partial charge is 0.00356 e. The minimum atomic E-state index is 0.699. The minimum Gasteiger partial charge on any atom is -0.317 e. The van der Waals surface area contributed by atoms with E-state index in [9.17, 15) is 0 Å². The van der Waals surface area contributed by atoms with Gasteiger partial charge in [-0.2, -0.15) is 0 Å². The van der Waals surface area contributed by atoms with Crippen LogP contribution in [0.5, 0.6) is 0 Å². The lowest BCUT2D eigenvalue weighted by Crippen LogP contribution is -2.20. The van der Waals surface area contributed by atoms with Crippen LogP contribution in [0.1, 0.15) is 40.5 Å². The first-order chi connectivity index (χ1) is 4.31. The van der Waals surface area contributed by atoms with Crippen molar-refractivity contribution in [2.75, 3.05) is 7.05 Å². The molecule has 1 heteroatoms. The molecule has 0 fully saturated rings. The largest absolute Gasteiger partial charge is 0.317 e. The van der Waals surface area contributed by atoms with E-state index in [-0.39, 0.29) is 0 Å². The van der Waals surface area contributed by atoms with Gasteiger partial charge in [0.15, 0.2) is 0 Å². The predicted octanol–water partition coefficient (Wildman–Crippen LogP) is 2.42. The lowest BCUT2D eigenvalue weighted by molar-refractivity contribution is 0.557. The Morgan fingerprint density at radius 3 is 1.89 bits per heavy atom. The zero-order valence-electron chi connectivity index (χ0n) is 7.49.